The molecule has 0 aromatic heterocycles. The maximum Gasteiger partial charge on any atom is 0.244 e. The molecule has 2 aromatic rings. The number of carbonyl (C=O) groups excluding carboxylic acids is 2. The summed E-state index contributed by atoms with van der Waals surface area (Å²) in [5, 5.41) is 16.2. The average molecular weight is 310 g/mol. The van der Waals surface area contributed by atoms with E-state index in [2.05, 4.69) is 5.11 Å². The topological polar surface area (TPSA) is 72.6 Å². The Bertz CT molecular complexity index is 752. The maximum absolute atomic E-state index is 12.3. The van der Waals surface area contributed by atoms with E-state index in [0.717, 1.165) is 0 Å². The van der Waals surface area contributed by atoms with Crippen molar-refractivity contribution in [3.05, 3.63) is 64.9 Å². The lowest BCUT2D eigenvalue weighted by atomic mass is 9.96. The minimum atomic E-state index is -0.206. The maximum atomic E-state index is 12.3. The summed E-state index contributed by atoms with van der Waals surface area (Å²) >= 11 is 0. The smallest absolute Gasteiger partial charge is 0.244 e. The molecular formula is C18H18N2O3. The lowest BCUT2D eigenvalue weighted by Crippen LogP contribution is -2.08. The highest BCUT2D eigenvalue weighted by molar-refractivity contribution is 6.11. The number of hydrogen-bond donors (Lipinski definition) is 0. The van der Waals surface area contributed by atoms with Crippen LogP contribution in [0.25, 0.3) is 0 Å². The van der Waals surface area contributed by atoms with Crippen LogP contribution in [0.2, 0.25) is 0 Å². The molecule has 0 fully saturated rings. The van der Waals surface area contributed by atoms with Gasteiger partial charge < -0.3 is 5.21 Å². The van der Waals surface area contributed by atoms with E-state index in [1.165, 1.54) is 0 Å². The zero-order valence-electron chi connectivity index (χ0n) is 13.2. The van der Waals surface area contributed by atoms with Gasteiger partial charge in [0.25, 0.3) is 0 Å². The summed E-state index contributed by atoms with van der Waals surface area (Å²) in [6.45, 7) is 3.45. The first-order valence-electron chi connectivity index (χ1n) is 7.51. The van der Waals surface area contributed by atoms with Crippen LogP contribution in [0.15, 0.2) is 53.6 Å². The molecule has 5 heteroatoms. The second-order valence-electron chi connectivity index (χ2n) is 4.96. The summed E-state index contributed by atoms with van der Waals surface area (Å²) in [6.07, 6.45) is 0.522. The fourth-order valence-electron chi connectivity index (χ4n) is 2.23. The molecule has 0 bridgehead atoms. The third-order valence-electron chi connectivity index (χ3n) is 3.44. The number of rotatable bonds is 6. The second-order valence-corrected chi connectivity index (χ2v) is 4.96. The van der Waals surface area contributed by atoms with Crippen molar-refractivity contribution < 1.29 is 14.4 Å². The van der Waals surface area contributed by atoms with Crippen molar-refractivity contribution in [3.63, 3.8) is 0 Å². The second kappa shape index (κ2) is 7.45. The fourth-order valence-corrected chi connectivity index (χ4v) is 2.23. The molecule has 0 radical (unpaired) electrons. The minimum Gasteiger partial charge on any atom is -0.594 e. The summed E-state index contributed by atoms with van der Waals surface area (Å²) in [4.78, 5) is 24.8. The highest BCUT2D eigenvalue weighted by Crippen LogP contribution is 2.27. The van der Waals surface area contributed by atoms with Crippen LogP contribution in [-0.4, -0.2) is 16.4 Å². The molecule has 0 spiro atoms. The molecule has 0 atom stereocenters. The van der Waals surface area contributed by atoms with Crippen molar-refractivity contribution in [1.82, 2.24) is 0 Å². The third kappa shape index (κ3) is 3.69. The molecule has 0 aliphatic carbocycles. The Morgan fingerprint density at radius 1 is 0.957 bits per heavy atom. The van der Waals surface area contributed by atoms with Gasteiger partial charge in [0.15, 0.2) is 11.6 Å². The normalized spacial score (nSPS) is 11.3. The van der Waals surface area contributed by atoms with Crippen LogP contribution >= 0.6 is 0 Å². The number of nitrogens with zero attached hydrogens (tertiary/aromatic N) is 2. The summed E-state index contributed by atoms with van der Waals surface area (Å²) in [6, 6.07) is 13.3. The molecular weight excluding hydrogens is 292 g/mol. The van der Waals surface area contributed by atoms with Crippen molar-refractivity contribution in [3.8, 4) is 0 Å². The first-order chi connectivity index (χ1) is 11.1. The number of hydrogen-bond acceptors (Lipinski definition) is 4. The Morgan fingerprint density at radius 3 is 2.22 bits per heavy atom. The highest BCUT2D eigenvalue weighted by atomic mass is 16.5. The van der Waals surface area contributed by atoms with E-state index in [9.17, 15) is 14.8 Å². The van der Waals surface area contributed by atoms with Crippen LogP contribution in [0.4, 0.5) is 11.4 Å². The van der Waals surface area contributed by atoms with E-state index >= 15 is 0 Å². The van der Waals surface area contributed by atoms with E-state index in [4.69, 9.17) is 0 Å². The Labute approximate surface area is 134 Å². The van der Waals surface area contributed by atoms with Crippen LogP contribution in [-0.2, 0) is 0 Å². The fraction of sp³-hybridized carbons (Fsp3) is 0.222. The number of ketones is 2. The number of azo groups is 1. The SMILES string of the molecule is CCC(=O)c1cccc(N=[N+]([O-])c2ccccc2)c1C(=O)CC. The number of Topliss-reactive ketones (excluding diaryl/α,β-unsaturated/α-hetero) is 2. The summed E-state index contributed by atoms with van der Waals surface area (Å²) < 4.78 is 0. The minimum absolute atomic E-state index is 0.143. The van der Waals surface area contributed by atoms with Gasteiger partial charge in [-0.1, -0.05) is 49.0 Å². The Morgan fingerprint density at radius 2 is 1.61 bits per heavy atom. The van der Waals surface area contributed by atoms with Gasteiger partial charge in [-0.15, -0.1) is 0 Å². The van der Waals surface area contributed by atoms with Gasteiger partial charge in [0.1, 0.15) is 5.69 Å². The molecule has 0 aliphatic rings. The van der Waals surface area contributed by atoms with Crippen molar-refractivity contribution in [2.75, 3.05) is 0 Å². The van der Waals surface area contributed by atoms with E-state index < -0.39 is 0 Å². The molecule has 0 heterocycles. The third-order valence-corrected chi connectivity index (χ3v) is 3.44. The zero-order valence-corrected chi connectivity index (χ0v) is 13.2. The van der Waals surface area contributed by atoms with Gasteiger partial charge in [-0.2, -0.15) is 0 Å². The van der Waals surface area contributed by atoms with Crippen LogP contribution < -0.4 is 0 Å². The molecule has 2 aromatic carbocycles. The molecule has 0 amide bonds. The Hall–Kier alpha value is -2.82. The van der Waals surface area contributed by atoms with Gasteiger partial charge in [0, 0.05) is 35.7 Å². The molecule has 2 rings (SSSR count). The average Bonchev–Trinajstić information content (AvgIpc) is 2.60. The first-order valence-corrected chi connectivity index (χ1v) is 7.51. The van der Waals surface area contributed by atoms with E-state index in [-0.39, 0.29) is 35.7 Å². The highest BCUT2D eigenvalue weighted by Gasteiger charge is 2.20. The van der Waals surface area contributed by atoms with Gasteiger partial charge in [-0.3, -0.25) is 9.59 Å². The molecule has 0 saturated heterocycles. The molecule has 0 aliphatic heterocycles. The zero-order chi connectivity index (χ0) is 16.8. The number of para-hydroxylation sites is 1. The Balaban J connectivity index is 2.58. The standard InChI is InChI=1S/C18H18N2O3/c1-3-16(21)14-11-8-12-15(18(14)17(22)4-2)19-20(23)13-9-6-5-7-10-13/h5-12H,3-4H2,1-2H3. The number of benzene rings is 2. The predicted octanol–water partition coefficient (Wildman–Crippen LogP) is 4.80. The van der Waals surface area contributed by atoms with Gasteiger partial charge in [-0.05, 0) is 6.07 Å². The van der Waals surface area contributed by atoms with Crippen molar-refractivity contribution in [2.24, 2.45) is 5.11 Å². The van der Waals surface area contributed by atoms with Crippen molar-refractivity contribution in [1.29, 1.82) is 0 Å². The molecule has 118 valence electrons. The summed E-state index contributed by atoms with van der Waals surface area (Å²) in [5.41, 5.74) is 1.12. The number of carbonyl (C=O) groups is 2. The van der Waals surface area contributed by atoms with Gasteiger partial charge >= 0.3 is 0 Å². The quantitative estimate of drug-likeness (QED) is 0.333. The van der Waals surface area contributed by atoms with E-state index in [0.29, 0.717) is 16.1 Å². The van der Waals surface area contributed by atoms with Gasteiger partial charge in [0.2, 0.25) is 5.69 Å². The first kappa shape index (κ1) is 16.5. The predicted molar refractivity (Wildman–Crippen MR) is 87.5 cm³/mol. The lowest BCUT2D eigenvalue weighted by Gasteiger charge is -2.08. The van der Waals surface area contributed by atoms with E-state index in [1.807, 2.05) is 0 Å². The molecule has 23 heavy (non-hydrogen) atoms. The molecule has 0 unspecified atom stereocenters. The van der Waals surface area contributed by atoms with Crippen LogP contribution in [0.5, 0.6) is 0 Å². The van der Waals surface area contributed by atoms with Gasteiger partial charge in [-0.25, -0.2) is 0 Å². The van der Waals surface area contributed by atoms with E-state index in [1.54, 1.807) is 62.4 Å². The summed E-state index contributed by atoms with van der Waals surface area (Å²) in [7, 11) is 0. The van der Waals surface area contributed by atoms with Crippen LogP contribution in [0.1, 0.15) is 47.4 Å². The molecule has 0 saturated carbocycles. The Kier molecular flexibility index (Phi) is 5.36. The summed E-state index contributed by atoms with van der Waals surface area (Å²) in [5.74, 6) is -0.348. The largest absolute Gasteiger partial charge is 0.594 e. The van der Waals surface area contributed by atoms with Crippen molar-refractivity contribution >= 4 is 22.9 Å². The van der Waals surface area contributed by atoms with Crippen LogP contribution in [0, 0.1) is 5.21 Å². The monoisotopic (exact) mass is 310 g/mol. The van der Waals surface area contributed by atoms with Crippen molar-refractivity contribution in [2.45, 2.75) is 26.7 Å². The lowest BCUT2D eigenvalue weighted by molar-refractivity contribution is -0.435. The molecule has 0 N–H and O–H groups in total. The van der Waals surface area contributed by atoms with Gasteiger partial charge in [0.05, 0.1) is 5.56 Å². The molecule has 5 nitrogen and oxygen atoms in total. The van der Waals surface area contributed by atoms with Crippen LogP contribution in [0.3, 0.4) is 0 Å².